The number of carbonyl (C=O) groups is 2. The zero-order chi connectivity index (χ0) is 23.9. The van der Waals surface area contributed by atoms with E-state index in [1.165, 1.54) is 0 Å². The second-order valence-corrected chi connectivity index (χ2v) is 8.52. The predicted molar refractivity (Wildman–Crippen MR) is 114 cm³/mol. The molecule has 0 radical (unpaired) electrons. The van der Waals surface area contributed by atoms with Crippen molar-refractivity contribution in [3.05, 3.63) is 35.0 Å². The Morgan fingerprint density at radius 3 is 2.61 bits per heavy atom. The molecular weight excluding hydrogens is 434 g/mol. The number of hydrogen-bond donors (Lipinski definition) is 5. The lowest BCUT2D eigenvalue weighted by atomic mass is 9.86. The summed E-state index contributed by atoms with van der Waals surface area (Å²) in [5.41, 5.74) is 3.04. The summed E-state index contributed by atoms with van der Waals surface area (Å²) in [6, 6.07) is 6.10. The number of aryl methyl sites for hydroxylation is 1. The van der Waals surface area contributed by atoms with Crippen LogP contribution in [0.15, 0.2) is 18.2 Å². The summed E-state index contributed by atoms with van der Waals surface area (Å²) in [7, 11) is 0. The maximum atomic E-state index is 12.9. The second-order valence-electron chi connectivity index (χ2n) is 8.52. The van der Waals surface area contributed by atoms with Crippen LogP contribution in [-0.2, 0) is 42.2 Å². The number of esters is 1. The van der Waals surface area contributed by atoms with E-state index in [2.05, 4.69) is 11.9 Å². The summed E-state index contributed by atoms with van der Waals surface area (Å²) in [5.74, 6) is -2.35. The van der Waals surface area contributed by atoms with Crippen molar-refractivity contribution in [3.8, 4) is 0 Å². The van der Waals surface area contributed by atoms with Gasteiger partial charge >= 0.3 is 11.9 Å². The highest BCUT2D eigenvalue weighted by atomic mass is 16.7. The molecule has 0 bridgehead atoms. The summed E-state index contributed by atoms with van der Waals surface area (Å²) < 4.78 is 16.4. The van der Waals surface area contributed by atoms with Crippen molar-refractivity contribution in [2.75, 3.05) is 6.61 Å². The molecule has 2 aliphatic heterocycles. The van der Waals surface area contributed by atoms with Crippen LogP contribution in [0.1, 0.15) is 43.5 Å². The molecule has 0 aliphatic carbocycles. The first-order valence-corrected chi connectivity index (χ1v) is 11.1. The van der Waals surface area contributed by atoms with E-state index in [1.807, 2.05) is 25.1 Å². The third-order valence-corrected chi connectivity index (χ3v) is 6.66. The van der Waals surface area contributed by atoms with Crippen molar-refractivity contribution in [2.24, 2.45) is 0 Å². The first-order valence-electron chi connectivity index (χ1n) is 11.1. The molecular formula is C23H29NO9. The Morgan fingerprint density at radius 1 is 1.18 bits per heavy atom. The molecule has 2 aromatic rings. The predicted octanol–water partition coefficient (Wildman–Crippen LogP) is 0.734. The molecule has 0 spiro atoms. The van der Waals surface area contributed by atoms with Crippen molar-refractivity contribution in [2.45, 2.75) is 75.8 Å². The molecule has 5 N–H and O–H groups in total. The molecule has 1 aromatic carbocycles. The van der Waals surface area contributed by atoms with Crippen LogP contribution in [0.4, 0.5) is 0 Å². The summed E-state index contributed by atoms with van der Waals surface area (Å²) in [6.45, 7) is 4.37. The van der Waals surface area contributed by atoms with Gasteiger partial charge in [-0.1, -0.05) is 32.0 Å². The lowest BCUT2D eigenvalue weighted by Crippen LogP contribution is -2.60. The number of para-hydroxylation sites is 1. The van der Waals surface area contributed by atoms with Crippen molar-refractivity contribution in [1.82, 2.24) is 4.98 Å². The highest BCUT2D eigenvalue weighted by Crippen LogP contribution is 2.42. The highest BCUT2D eigenvalue weighted by Gasteiger charge is 2.49. The van der Waals surface area contributed by atoms with Gasteiger partial charge in [-0.05, 0) is 30.4 Å². The molecule has 1 fully saturated rings. The van der Waals surface area contributed by atoms with Crippen LogP contribution < -0.4 is 0 Å². The molecule has 1 aromatic heterocycles. The van der Waals surface area contributed by atoms with Gasteiger partial charge in [0.1, 0.15) is 23.9 Å². The standard InChI is InChI=1S/C23H29NO9/c1-3-11-6-5-7-12-13-8-9-31-23(4-2,20(13)24-15(11)12)10-14(25)32-22-18(28)16(26)17(27)19(33-22)21(29)30/h5-7,16-19,22,24,26-28H,3-4,8-10H2,1-2H3,(H,29,30)/t16-,17-,18-,19?,22+,23?/m1/s1. The number of aliphatic hydroxyl groups excluding tert-OH is 3. The highest BCUT2D eigenvalue weighted by molar-refractivity contribution is 5.88. The van der Waals surface area contributed by atoms with Gasteiger partial charge in [-0.2, -0.15) is 0 Å². The molecule has 0 saturated carbocycles. The lowest BCUT2D eigenvalue weighted by Gasteiger charge is -2.39. The molecule has 10 nitrogen and oxygen atoms in total. The monoisotopic (exact) mass is 463 g/mol. The Bertz CT molecular complexity index is 1050. The van der Waals surface area contributed by atoms with Gasteiger partial charge in [-0.15, -0.1) is 0 Å². The van der Waals surface area contributed by atoms with Crippen molar-refractivity contribution >= 4 is 22.8 Å². The number of aromatic nitrogens is 1. The average molecular weight is 463 g/mol. The fraction of sp³-hybridized carbons (Fsp3) is 0.565. The third kappa shape index (κ3) is 4.02. The quantitative estimate of drug-likeness (QED) is 0.389. The number of rotatable bonds is 6. The number of carbonyl (C=O) groups excluding carboxylic acids is 1. The first kappa shape index (κ1) is 23.7. The van der Waals surface area contributed by atoms with Gasteiger partial charge in [-0.3, -0.25) is 4.79 Å². The van der Waals surface area contributed by atoms with Gasteiger partial charge in [0.2, 0.25) is 6.29 Å². The number of carboxylic acid groups (broad SMARTS) is 1. The Labute approximate surface area is 190 Å². The normalized spacial score (nSPS) is 31.8. The Hall–Kier alpha value is -2.50. The van der Waals surface area contributed by atoms with E-state index < -0.39 is 48.2 Å². The second kappa shape index (κ2) is 9.03. The SMILES string of the molecule is CCc1cccc2c3c([nH]c12)C(CC)(CC(=O)O[C@H]1OC(C(=O)O)[C@H](O)[C@@H](O)[C@H]1O)OCC3. The topological polar surface area (TPSA) is 159 Å². The van der Waals surface area contributed by atoms with Gasteiger partial charge in [0, 0.05) is 10.9 Å². The third-order valence-electron chi connectivity index (χ3n) is 6.66. The van der Waals surface area contributed by atoms with Crippen LogP contribution in [0, 0.1) is 0 Å². The van der Waals surface area contributed by atoms with Crippen LogP contribution in [-0.4, -0.2) is 74.7 Å². The molecule has 10 heteroatoms. The van der Waals surface area contributed by atoms with Crippen LogP contribution in [0.2, 0.25) is 0 Å². The van der Waals surface area contributed by atoms with E-state index in [4.69, 9.17) is 14.2 Å². The number of H-pyrrole nitrogens is 1. The van der Waals surface area contributed by atoms with Gasteiger partial charge in [0.15, 0.2) is 6.10 Å². The van der Waals surface area contributed by atoms with E-state index in [0.717, 1.165) is 34.1 Å². The molecule has 2 unspecified atom stereocenters. The Balaban J connectivity index is 1.60. The fourth-order valence-electron chi connectivity index (χ4n) is 4.80. The Kier molecular flexibility index (Phi) is 6.47. The molecule has 4 rings (SSSR count). The maximum Gasteiger partial charge on any atom is 0.335 e. The molecule has 3 heterocycles. The average Bonchev–Trinajstić information content (AvgIpc) is 3.19. The minimum atomic E-state index is -1.86. The summed E-state index contributed by atoms with van der Waals surface area (Å²) >= 11 is 0. The minimum Gasteiger partial charge on any atom is -0.479 e. The fourth-order valence-corrected chi connectivity index (χ4v) is 4.80. The number of hydrogen-bond acceptors (Lipinski definition) is 8. The molecule has 180 valence electrons. The van der Waals surface area contributed by atoms with E-state index in [-0.39, 0.29) is 6.42 Å². The van der Waals surface area contributed by atoms with Crippen molar-refractivity contribution in [1.29, 1.82) is 0 Å². The van der Waals surface area contributed by atoms with Crippen LogP contribution in [0.5, 0.6) is 0 Å². The largest absolute Gasteiger partial charge is 0.479 e. The Morgan fingerprint density at radius 2 is 1.94 bits per heavy atom. The number of aliphatic carboxylic acids is 1. The maximum absolute atomic E-state index is 12.9. The van der Waals surface area contributed by atoms with E-state index in [0.29, 0.717) is 19.4 Å². The number of nitrogens with one attached hydrogen (secondary N) is 1. The molecule has 1 saturated heterocycles. The number of ether oxygens (including phenoxy) is 3. The van der Waals surface area contributed by atoms with Crippen molar-refractivity contribution < 1.29 is 44.2 Å². The molecule has 2 aliphatic rings. The van der Waals surface area contributed by atoms with Crippen molar-refractivity contribution in [3.63, 3.8) is 0 Å². The van der Waals surface area contributed by atoms with Gasteiger partial charge in [-0.25, -0.2) is 4.79 Å². The minimum absolute atomic E-state index is 0.215. The van der Waals surface area contributed by atoms with E-state index in [1.54, 1.807) is 0 Å². The summed E-state index contributed by atoms with van der Waals surface area (Å²) in [5, 5.41) is 40.2. The number of carboxylic acids is 1. The van der Waals surface area contributed by atoms with Gasteiger partial charge in [0.25, 0.3) is 0 Å². The number of fused-ring (bicyclic) bond motifs is 3. The van der Waals surface area contributed by atoms with Crippen LogP contribution in [0.3, 0.4) is 0 Å². The smallest absolute Gasteiger partial charge is 0.335 e. The van der Waals surface area contributed by atoms with Gasteiger partial charge < -0.3 is 39.6 Å². The first-order chi connectivity index (χ1) is 15.7. The molecule has 6 atom stereocenters. The van der Waals surface area contributed by atoms with E-state index in [9.17, 15) is 30.0 Å². The van der Waals surface area contributed by atoms with E-state index >= 15 is 0 Å². The summed E-state index contributed by atoms with van der Waals surface area (Å²) in [4.78, 5) is 27.7. The zero-order valence-corrected chi connectivity index (χ0v) is 18.5. The number of aromatic amines is 1. The van der Waals surface area contributed by atoms with Crippen LogP contribution in [0.25, 0.3) is 10.9 Å². The molecule has 33 heavy (non-hydrogen) atoms. The molecule has 0 amide bonds. The van der Waals surface area contributed by atoms with Crippen LogP contribution >= 0.6 is 0 Å². The number of aliphatic hydroxyl groups is 3. The lowest BCUT2D eigenvalue weighted by molar-refractivity contribution is -0.287. The number of benzene rings is 1. The summed E-state index contributed by atoms with van der Waals surface area (Å²) in [6.07, 6.45) is -7.34. The van der Waals surface area contributed by atoms with Gasteiger partial charge in [0.05, 0.1) is 18.7 Å². The zero-order valence-electron chi connectivity index (χ0n) is 18.5.